The van der Waals surface area contributed by atoms with E-state index in [1.807, 2.05) is 6.92 Å². The number of amides is 1. The van der Waals surface area contributed by atoms with Crippen LogP contribution in [0.25, 0.3) is 0 Å². The molecule has 1 rings (SSSR count). The number of hydrogen-bond acceptors (Lipinski definition) is 3. The minimum Gasteiger partial charge on any atom is -0.320 e. The molecule has 5 nitrogen and oxygen atoms in total. The van der Waals surface area contributed by atoms with Crippen molar-refractivity contribution in [3.63, 3.8) is 0 Å². The number of nitrogens with one attached hydrogen (secondary N) is 1. The standard InChI is InChI=1S/C10H15N3O2/c1-6-4-8(10(15)13(3)5-6)12-9(14)7(2)11/h4-5,7H,11H2,1-3H3,(H,12,14)/t7-/m0/s1. The molecule has 1 aromatic heterocycles. The fourth-order valence-electron chi connectivity index (χ4n) is 1.22. The number of pyridine rings is 1. The molecule has 0 aliphatic rings. The second kappa shape index (κ2) is 4.27. The fourth-order valence-corrected chi connectivity index (χ4v) is 1.22. The van der Waals surface area contributed by atoms with Crippen molar-refractivity contribution in [3.05, 3.63) is 28.2 Å². The van der Waals surface area contributed by atoms with E-state index in [9.17, 15) is 9.59 Å². The highest BCUT2D eigenvalue weighted by molar-refractivity contribution is 5.94. The van der Waals surface area contributed by atoms with Crippen molar-refractivity contribution in [1.29, 1.82) is 0 Å². The highest BCUT2D eigenvalue weighted by Gasteiger charge is 2.10. The second-order valence-electron chi connectivity index (χ2n) is 3.63. The van der Waals surface area contributed by atoms with E-state index in [-0.39, 0.29) is 17.2 Å². The molecule has 5 heteroatoms. The molecule has 0 unspecified atom stereocenters. The molecule has 0 spiro atoms. The zero-order chi connectivity index (χ0) is 11.6. The maximum atomic E-state index is 11.6. The first-order valence-electron chi connectivity index (χ1n) is 4.65. The first-order valence-corrected chi connectivity index (χ1v) is 4.65. The lowest BCUT2D eigenvalue weighted by atomic mass is 10.2. The third-order valence-electron chi connectivity index (χ3n) is 1.99. The Hall–Kier alpha value is -1.62. The number of aryl methyl sites for hydroxylation is 2. The van der Waals surface area contributed by atoms with E-state index in [4.69, 9.17) is 5.73 Å². The van der Waals surface area contributed by atoms with Crippen molar-refractivity contribution < 1.29 is 4.79 Å². The smallest absolute Gasteiger partial charge is 0.274 e. The summed E-state index contributed by atoms with van der Waals surface area (Å²) in [6.07, 6.45) is 1.70. The van der Waals surface area contributed by atoms with Crippen LogP contribution >= 0.6 is 0 Å². The molecule has 0 radical (unpaired) electrons. The van der Waals surface area contributed by atoms with Gasteiger partial charge < -0.3 is 15.6 Å². The topological polar surface area (TPSA) is 77.1 Å². The normalized spacial score (nSPS) is 12.3. The first-order chi connectivity index (χ1) is 6.91. The van der Waals surface area contributed by atoms with Gasteiger partial charge in [-0.2, -0.15) is 0 Å². The predicted octanol–water partition coefficient (Wildman–Crippen LogP) is -0.0206. The predicted molar refractivity (Wildman–Crippen MR) is 58.7 cm³/mol. The zero-order valence-electron chi connectivity index (χ0n) is 9.07. The average molecular weight is 209 g/mol. The lowest BCUT2D eigenvalue weighted by molar-refractivity contribution is -0.117. The maximum Gasteiger partial charge on any atom is 0.274 e. The molecule has 0 aromatic carbocycles. The summed E-state index contributed by atoms with van der Waals surface area (Å²) in [5.41, 5.74) is 6.31. The van der Waals surface area contributed by atoms with E-state index in [2.05, 4.69) is 5.32 Å². The third kappa shape index (κ3) is 2.66. The van der Waals surface area contributed by atoms with Crippen LogP contribution in [0.5, 0.6) is 0 Å². The molecule has 15 heavy (non-hydrogen) atoms. The second-order valence-corrected chi connectivity index (χ2v) is 3.63. The van der Waals surface area contributed by atoms with Crippen molar-refractivity contribution in [2.75, 3.05) is 5.32 Å². The van der Waals surface area contributed by atoms with Gasteiger partial charge in [0.1, 0.15) is 5.69 Å². The molecular weight excluding hydrogens is 194 g/mol. The summed E-state index contributed by atoms with van der Waals surface area (Å²) in [6.45, 7) is 3.41. The molecule has 1 amide bonds. The Morgan fingerprint density at radius 2 is 2.20 bits per heavy atom. The molecule has 0 saturated heterocycles. The molecule has 0 bridgehead atoms. The molecular formula is C10H15N3O2. The summed E-state index contributed by atoms with van der Waals surface area (Å²) in [5.74, 6) is -0.363. The van der Waals surface area contributed by atoms with Crippen LogP contribution in [-0.2, 0) is 11.8 Å². The number of nitrogens with two attached hydrogens (primary N) is 1. The summed E-state index contributed by atoms with van der Waals surface area (Å²) >= 11 is 0. The first kappa shape index (κ1) is 11.5. The highest BCUT2D eigenvalue weighted by Crippen LogP contribution is 2.03. The fraction of sp³-hybridized carbons (Fsp3) is 0.400. The third-order valence-corrected chi connectivity index (χ3v) is 1.99. The van der Waals surface area contributed by atoms with Gasteiger partial charge in [-0.3, -0.25) is 9.59 Å². The molecule has 1 heterocycles. The van der Waals surface area contributed by atoms with Crippen LogP contribution in [0.2, 0.25) is 0 Å². The van der Waals surface area contributed by atoms with Gasteiger partial charge >= 0.3 is 0 Å². The molecule has 1 atom stereocenters. The largest absolute Gasteiger partial charge is 0.320 e. The van der Waals surface area contributed by atoms with Crippen LogP contribution < -0.4 is 16.6 Å². The lowest BCUT2D eigenvalue weighted by Gasteiger charge is -2.09. The quantitative estimate of drug-likeness (QED) is 0.718. The van der Waals surface area contributed by atoms with Gasteiger partial charge in [-0.1, -0.05) is 0 Å². The number of rotatable bonds is 2. The Labute approximate surface area is 87.9 Å². The van der Waals surface area contributed by atoms with Gasteiger partial charge in [0.2, 0.25) is 5.91 Å². The SMILES string of the molecule is Cc1cc(NC(=O)[C@H](C)N)c(=O)n(C)c1. The molecule has 82 valence electrons. The minimum absolute atomic E-state index is 0.241. The maximum absolute atomic E-state index is 11.6. The number of nitrogens with zero attached hydrogens (tertiary/aromatic N) is 1. The van der Waals surface area contributed by atoms with Gasteiger partial charge in [0.25, 0.3) is 5.56 Å². The summed E-state index contributed by atoms with van der Waals surface area (Å²) in [4.78, 5) is 22.9. The Morgan fingerprint density at radius 3 is 2.73 bits per heavy atom. The van der Waals surface area contributed by atoms with Crippen molar-refractivity contribution in [2.45, 2.75) is 19.9 Å². The van der Waals surface area contributed by atoms with Gasteiger partial charge in [0, 0.05) is 13.2 Å². The van der Waals surface area contributed by atoms with Crippen molar-refractivity contribution >= 4 is 11.6 Å². The highest BCUT2D eigenvalue weighted by atomic mass is 16.2. The number of aromatic nitrogens is 1. The minimum atomic E-state index is -0.629. The zero-order valence-corrected chi connectivity index (χ0v) is 9.07. The van der Waals surface area contributed by atoms with E-state index in [0.29, 0.717) is 0 Å². The van der Waals surface area contributed by atoms with Gasteiger partial charge in [0.15, 0.2) is 0 Å². The Bertz CT molecular complexity index is 435. The molecule has 0 aliphatic carbocycles. The monoisotopic (exact) mass is 209 g/mol. The van der Waals surface area contributed by atoms with Crippen LogP contribution in [-0.4, -0.2) is 16.5 Å². The molecule has 0 fully saturated rings. The lowest BCUT2D eigenvalue weighted by Crippen LogP contribution is -2.35. The summed E-state index contributed by atoms with van der Waals surface area (Å²) in [7, 11) is 1.64. The Kier molecular flexibility index (Phi) is 3.26. The van der Waals surface area contributed by atoms with E-state index in [1.54, 1.807) is 26.2 Å². The van der Waals surface area contributed by atoms with Gasteiger partial charge in [-0.25, -0.2) is 0 Å². The number of carbonyl (C=O) groups excluding carboxylic acids is 1. The molecule has 1 aromatic rings. The van der Waals surface area contributed by atoms with Gasteiger partial charge in [0.05, 0.1) is 6.04 Å². The molecule has 0 saturated carbocycles. The van der Waals surface area contributed by atoms with Crippen LogP contribution in [0.15, 0.2) is 17.1 Å². The van der Waals surface area contributed by atoms with E-state index >= 15 is 0 Å². The summed E-state index contributed by atoms with van der Waals surface area (Å²) in [6, 6.07) is 0.998. The van der Waals surface area contributed by atoms with Gasteiger partial charge in [-0.15, -0.1) is 0 Å². The van der Waals surface area contributed by atoms with Crippen LogP contribution in [0.1, 0.15) is 12.5 Å². The van der Waals surface area contributed by atoms with E-state index in [1.165, 1.54) is 4.57 Å². The summed E-state index contributed by atoms with van der Waals surface area (Å²) in [5, 5.41) is 2.49. The number of anilines is 1. The number of carbonyl (C=O) groups is 1. The van der Waals surface area contributed by atoms with Crippen LogP contribution in [0.3, 0.4) is 0 Å². The van der Waals surface area contributed by atoms with Crippen molar-refractivity contribution in [3.8, 4) is 0 Å². The summed E-state index contributed by atoms with van der Waals surface area (Å²) < 4.78 is 1.42. The Morgan fingerprint density at radius 1 is 1.60 bits per heavy atom. The van der Waals surface area contributed by atoms with Crippen LogP contribution in [0, 0.1) is 6.92 Å². The number of hydrogen-bond donors (Lipinski definition) is 2. The van der Waals surface area contributed by atoms with E-state index in [0.717, 1.165) is 5.56 Å². The Balaban J connectivity index is 3.05. The van der Waals surface area contributed by atoms with Crippen molar-refractivity contribution in [1.82, 2.24) is 4.57 Å². The van der Waals surface area contributed by atoms with E-state index < -0.39 is 6.04 Å². The molecule has 0 aliphatic heterocycles. The average Bonchev–Trinajstić information content (AvgIpc) is 2.13. The van der Waals surface area contributed by atoms with Crippen LogP contribution in [0.4, 0.5) is 5.69 Å². The van der Waals surface area contributed by atoms with Crippen molar-refractivity contribution in [2.24, 2.45) is 12.8 Å². The van der Waals surface area contributed by atoms with Gasteiger partial charge in [-0.05, 0) is 25.5 Å². The molecule has 3 N–H and O–H groups in total.